The Morgan fingerprint density at radius 3 is 2.71 bits per heavy atom. The number of benzene rings is 1. The van der Waals surface area contributed by atoms with Gasteiger partial charge in [0, 0.05) is 18.3 Å². The molecule has 0 saturated carbocycles. The minimum Gasteiger partial charge on any atom is -0.497 e. The van der Waals surface area contributed by atoms with Gasteiger partial charge in [0.05, 0.1) is 24.7 Å². The van der Waals surface area contributed by atoms with Crippen molar-refractivity contribution in [2.45, 2.75) is 31.5 Å². The molecule has 1 aromatic carbocycles. The van der Waals surface area contributed by atoms with Crippen LogP contribution in [0.4, 0.5) is 5.69 Å². The molecule has 7 nitrogen and oxygen atoms in total. The highest BCUT2D eigenvalue weighted by Gasteiger charge is 2.15. The molecule has 0 spiro atoms. The first-order chi connectivity index (χ1) is 13.7. The third-order valence-corrected chi connectivity index (χ3v) is 5.04. The summed E-state index contributed by atoms with van der Waals surface area (Å²) in [7, 11) is 1.64. The second-order valence-corrected chi connectivity index (χ2v) is 7.06. The van der Waals surface area contributed by atoms with Gasteiger partial charge in [0.2, 0.25) is 5.91 Å². The van der Waals surface area contributed by atoms with Gasteiger partial charge < -0.3 is 14.6 Å². The number of unbranched alkanes of at least 4 members (excludes halogenated alkanes) is 1. The number of pyridine rings is 1. The second-order valence-electron chi connectivity index (χ2n) is 6.12. The van der Waals surface area contributed by atoms with E-state index in [9.17, 15) is 4.79 Å². The van der Waals surface area contributed by atoms with Crippen LogP contribution >= 0.6 is 11.8 Å². The van der Waals surface area contributed by atoms with Crippen LogP contribution in [-0.4, -0.2) is 38.5 Å². The van der Waals surface area contributed by atoms with Gasteiger partial charge in [-0.3, -0.25) is 9.78 Å². The molecule has 0 atom stereocenters. The molecule has 1 amide bonds. The van der Waals surface area contributed by atoms with Gasteiger partial charge in [0.15, 0.2) is 11.0 Å². The molecule has 0 aliphatic heterocycles. The number of amides is 1. The fraction of sp³-hybridized carbons (Fsp3) is 0.300. The summed E-state index contributed by atoms with van der Waals surface area (Å²) in [6.07, 6.45) is 5.36. The lowest BCUT2D eigenvalue weighted by Gasteiger charge is -2.10. The minimum absolute atomic E-state index is 0.103. The minimum atomic E-state index is -0.103. The van der Waals surface area contributed by atoms with Gasteiger partial charge in [-0.2, -0.15) is 0 Å². The fourth-order valence-electron chi connectivity index (χ4n) is 2.63. The normalized spacial score (nSPS) is 10.6. The number of nitrogens with zero attached hydrogens (tertiary/aromatic N) is 4. The summed E-state index contributed by atoms with van der Waals surface area (Å²) < 4.78 is 7.30. The number of hydrogen-bond donors (Lipinski definition) is 1. The Morgan fingerprint density at radius 2 is 2.04 bits per heavy atom. The molecule has 0 aliphatic carbocycles. The number of aromatic nitrogens is 4. The number of anilines is 1. The number of methoxy groups -OCH3 is 1. The SMILES string of the molecule is CCCCn1c(SCC(=O)Nc2cccnc2)nnc1-c1ccc(OC)cc1. The van der Waals surface area contributed by atoms with Crippen molar-refractivity contribution in [2.75, 3.05) is 18.2 Å². The van der Waals surface area contributed by atoms with Gasteiger partial charge in [-0.05, 0) is 42.8 Å². The van der Waals surface area contributed by atoms with E-state index in [-0.39, 0.29) is 11.7 Å². The molecular formula is C20H23N5O2S. The monoisotopic (exact) mass is 397 g/mol. The second kappa shape index (κ2) is 9.89. The van der Waals surface area contributed by atoms with E-state index in [1.807, 2.05) is 24.3 Å². The number of carbonyl (C=O) groups is 1. The van der Waals surface area contributed by atoms with Crippen LogP contribution in [0, 0.1) is 0 Å². The molecule has 2 aromatic heterocycles. The first-order valence-electron chi connectivity index (χ1n) is 9.11. The van der Waals surface area contributed by atoms with E-state index in [4.69, 9.17) is 4.74 Å². The third kappa shape index (κ3) is 5.10. The Morgan fingerprint density at radius 1 is 1.21 bits per heavy atom. The van der Waals surface area contributed by atoms with Crippen LogP contribution in [0.3, 0.4) is 0 Å². The van der Waals surface area contributed by atoms with Gasteiger partial charge in [-0.1, -0.05) is 25.1 Å². The number of carbonyl (C=O) groups excluding carboxylic acids is 1. The van der Waals surface area contributed by atoms with Crippen LogP contribution in [0.2, 0.25) is 0 Å². The van der Waals surface area contributed by atoms with E-state index < -0.39 is 0 Å². The fourth-order valence-corrected chi connectivity index (χ4v) is 3.40. The molecule has 0 fully saturated rings. The molecule has 28 heavy (non-hydrogen) atoms. The summed E-state index contributed by atoms with van der Waals surface area (Å²) in [6, 6.07) is 11.3. The lowest BCUT2D eigenvalue weighted by Crippen LogP contribution is -2.14. The zero-order chi connectivity index (χ0) is 19.8. The van der Waals surface area contributed by atoms with Crippen LogP contribution in [-0.2, 0) is 11.3 Å². The van der Waals surface area contributed by atoms with Gasteiger partial charge in [0.25, 0.3) is 0 Å². The van der Waals surface area contributed by atoms with Crippen molar-refractivity contribution in [1.29, 1.82) is 0 Å². The molecule has 3 aromatic rings. The van der Waals surface area contributed by atoms with E-state index in [0.29, 0.717) is 5.69 Å². The molecule has 8 heteroatoms. The maximum atomic E-state index is 12.2. The van der Waals surface area contributed by atoms with E-state index in [2.05, 4.69) is 32.0 Å². The van der Waals surface area contributed by atoms with E-state index in [1.165, 1.54) is 11.8 Å². The molecule has 3 rings (SSSR count). The number of ether oxygens (including phenoxy) is 1. The van der Waals surface area contributed by atoms with Gasteiger partial charge in [-0.15, -0.1) is 10.2 Å². The molecule has 146 valence electrons. The number of nitrogens with one attached hydrogen (secondary N) is 1. The average molecular weight is 398 g/mol. The van der Waals surface area contributed by atoms with Gasteiger partial charge >= 0.3 is 0 Å². The highest BCUT2D eigenvalue weighted by molar-refractivity contribution is 7.99. The lowest BCUT2D eigenvalue weighted by molar-refractivity contribution is -0.113. The zero-order valence-corrected chi connectivity index (χ0v) is 16.8. The summed E-state index contributed by atoms with van der Waals surface area (Å²) in [5.41, 5.74) is 1.65. The van der Waals surface area contributed by atoms with E-state index in [1.54, 1.807) is 31.6 Å². The first kappa shape index (κ1) is 19.9. The van der Waals surface area contributed by atoms with Crippen molar-refractivity contribution in [3.63, 3.8) is 0 Å². The van der Waals surface area contributed by atoms with Crippen LogP contribution in [0.15, 0.2) is 53.9 Å². The van der Waals surface area contributed by atoms with Crippen molar-refractivity contribution in [2.24, 2.45) is 0 Å². The first-order valence-corrected chi connectivity index (χ1v) is 10.1. The molecule has 2 heterocycles. The molecule has 1 N–H and O–H groups in total. The van der Waals surface area contributed by atoms with Crippen LogP contribution in [0.25, 0.3) is 11.4 Å². The average Bonchev–Trinajstić information content (AvgIpc) is 3.14. The van der Waals surface area contributed by atoms with Crippen molar-refractivity contribution >= 4 is 23.4 Å². The van der Waals surface area contributed by atoms with E-state index in [0.717, 1.165) is 41.7 Å². The van der Waals surface area contributed by atoms with Crippen molar-refractivity contribution in [3.8, 4) is 17.1 Å². The summed E-state index contributed by atoms with van der Waals surface area (Å²) in [4.78, 5) is 16.2. The molecule has 0 aliphatic rings. The molecular weight excluding hydrogens is 374 g/mol. The standard InChI is InChI=1S/C20H23N5O2S/c1-3-4-12-25-19(15-7-9-17(27-2)10-8-15)23-24-20(25)28-14-18(26)22-16-6-5-11-21-13-16/h5-11,13H,3-4,12,14H2,1-2H3,(H,22,26). The molecule has 0 saturated heterocycles. The van der Waals surface area contributed by atoms with Crippen LogP contribution in [0.5, 0.6) is 5.75 Å². The Kier molecular flexibility index (Phi) is 7.02. The zero-order valence-electron chi connectivity index (χ0n) is 16.0. The van der Waals surface area contributed by atoms with Gasteiger partial charge in [-0.25, -0.2) is 0 Å². The predicted octanol–water partition coefficient (Wildman–Crippen LogP) is 3.88. The summed E-state index contributed by atoms with van der Waals surface area (Å²) >= 11 is 1.38. The Balaban J connectivity index is 1.72. The predicted molar refractivity (Wildman–Crippen MR) is 111 cm³/mol. The molecule has 0 unspecified atom stereocenters. The van der Waals surface area contributed by atoms with Crippen molar-refractivity contribution in [1.82, 2.24) is 19.7 Å². The van der Waals surface area contributed by atoms with E-state index >= 15 is 0 Å². The van der Waals surface area contributed by atoms with Crippen molar-refractivity contribution < 1.29 is 9.53 Å². The van der Waals surface area contributed by atoms with Crippen LogP contribution in [0.1, 0.15) is 19.8 Å². The topological polar surface area (TPSA) is 81.9 Å². The van der Waals surface area contributed by atoms with Crippen LogP contribution < -0.4 is 10.1 Å². The number of thioether (sulfide) groups is 1. The number of hydrogen-bond acceptors (Lipinski definition) is 6. The Bertz CT molecular complexity index is 897. The van der Waals surface area contributed by atoms with Gasteiger partial charge in [0.1, 0.15) is 5.75 Å². The summed E-state index contributed by atoms with van der Waals surface area (Å²) in [5.74, 6) is 1.74. The smallest absolute Gasteiger partial charge is 0.234 e. The highest BCUT2D eigenvalue weighted by atomic mass is 32.2. The Hall–Kier alpha value is -2.87. The molecule has 0 bridgehead atoms. The summed E-state index contributed by atoms with van der Waals surface area (Å²) in [5, 5.41) is 12.3. The highest BCUT2D eigenvalue weighted by Crippen LogP contribution is 2.26. The lowest BCUT2D eigenvalue weighted by atomic mass is 10.2. The quantitative estimate of drug-likeness (QED) is 0.552. The largest absolute Gasteiger partial charge is 0.497 e. The maximum absolute atomic E-state index is 12.2. The molecule has 0 radical (unpaired) electrons. The third-order valence-electron chi connectivity index (χ3n) is 4.08. The van der Waals surface area contributed by atoms with Crippen molar-refractivity contribution in [3.05, 3.63) is 48.8 Å². The number of rotatable bonds is 9. The Labute approximate surface area is 168 Å². The summed E-state index contributed by atoms with van der Waals surface area (Å²) in [6.45, 7) is 2.95. The maximum Gasteiger partial charge on any atom is 0.234 e.